The van der Waals surface area contributed by atoms with Crippen LogP contribution in [0.2, 0.25) is 0 Å². The lowest BCUT2D eigenvalue weighted by Gasteiger charge is -2.32. The summed E-state index contributed by atoms with van der Waals surface area (Å²) in [5.41, 5.74) is 0.0419. The Morgan fingerprint density at radius 3 is 2.52 bits per heavy atom. The number of hydrogen-bond donors (Lipinski definition) is 1. The summed E-state index contributed by atoms with van der Waals surface area (Å²) in [7, 11) is 1.32. The van der Waals surface area contributed by atoms with Crippen LogP contribution >= 0.6 is 0 Å². The molecule has 1 aromatic heterocycles. The van der Waals surface area contributed by atoms with Gasteiger partial charge in [-0.3, -0.25) is 0 Å². The van der Waals surface area contributed by atoms with E-state index in [0.29, 0.717) is 11.6 Å². The maximum absolute atomic E-state index is 9.75. The first kappa shape index (κ1) is 14.6. The van der Waals surface area contributed by atoms with Crippen LogP contribution in [-0.2, 0) is 9.31 Å². The van der Waals surface area contributed by atoms with Gasteiger partial charge in [-0.2, -0.15) is 0 Å². The van der Waals surface area contributed by atoms with Crippen LogP contribution < -0.4 is 15.1 Å². The lowest BCUT2D eigenvalue weighted by Crippen LogP contribution is -2.42. The minimum absolute atomic E-state index is 0.220. The van der Waals surface area contributed by atoms with Gasteiger partial charge in [0.2, 0.25) is 0 Å². The molecule has 1 N–H and O–H groups in total. The van der Waals surface area contributed by atoms with E-state index in [0.717, 1.165) is 5.46 Å². The van der Waals surface area contributed by atoms with Crippen molar-refractivity contribution in [1.82, 2.24) is 4.98 Å². The predicted molar refractivity (Wildman–Crippen MR) is 79.9 cm³/mol. The molecule has 1 fully saturated rings. The van der Waals surface area contributed by atoms with Gasteiger partial charge < -0.3 is 24.1 Å². The fourth-order valence-electron chi connectivity index (χ4n) is 2.35. The Morgan fingerprint density at radius 1 is 1.29 bits per heavy atom. The standard InChI is InChI=1S/C14H21BN2O4/c1-13(2)14(3,4)21-15(20-13)9-6-10-12(16-7-9)17(5)11(18)8-19-10/h6-7,11,18H,8H2,1-5H3. The van der Waals surface area contributed by atoms with E-state index in [-0.39, 0.29) is 17.8 Å². The van der Waals surface area contributed by atoms with E-state index in [9.17, 15) is 5.11 Å². The van der Waals surface area contributed by atoms with Gasteiger partial charge in [0.15, 0.2) is 17.8 Å². The molecule has 21 heavy (non-hydrogen) atoms. The minimum Gasteiger partial charge on any atom is -0.485 e. The van der Waals surface area contributed by atoms with Crippen molar-refractivity contribution in [2.75, 3.05) is 18.6 Å². The van der Waals surface area contributed by atoms with Gasteiger partial charge in [0.25, 0.3) is 0 Å². The quantitative estimate of drug-likeness (QED) is 0.762. The Kier molecular flexibility index (Phi) is 3.20. The molecule has 0 spiro atoms. The molecule has 7 heteroatoms. The monoisotopic (exact) mass is 292 g/mol. The van der Waals surface area contributed by atoms with Gasteiger partial charge in [-0.05, 0) is 33.8 Å². The summed E-state index contributed by atoms with van der Waals surface area (Å²) in [6.45, 7) is 8.27. The lowest BCUT2D eigenvalue weighted by atomic mass is 9.80. The molecule has 2 aliphatic heterocycles. The molecule has 1 aromatic rings. The van der Waals surface area contributed by atoms with Crippen molar-refractivity contribution in [2.45, 2.75) is 45.1 Å². The molecule has 0 radical (unpaired) electrons. The molecular formula is C14H21BN2O4. The number of ether oxygens (including phenoxy) is 1. The van der Waals surface area contributed by atoms with E-state index in [1.54, 1.807) is 18.1 Å². The summed E-state index contributed by atoms with van der Waals surface area (Å²) in [5, 5.41) is 9.75. The number of rotatable bonds is 1. The molecule has 0 bridgehead atoms. The molecule has 114 valence electrons. The Morgan fingerprint density at radius 2 is 1.90 bits per heavy atom. The molecule has 0 aliphatic carbocycles. The van der Waals surface area contributed by atoms with Crippen LogP contribution in [0.3, 0.4) is 0 Å². The fourth-order valence-corrected chi connectivity index (χ4v) is 2.35. The zero-order valence-electron chi connectivity index (χ0n) is 13.1. The average Bonchev–Trinajstić information content (AvgIpc) is 2.63. The number of aliphatic hydroxyl groups excluding tert-OH is 1. The molecule has 6 nitrogen and oxygen atoms in total. The summed E-state index contributed by atoms with van der Waals surface area (Å²) in [4.78, 5) is 6.06. The molecule has 0 saturated carbocycles. The summed E-state index contributed by atoms with van der Waals surface area (Å²) in [5.74, 6) is 1.25. The second-order valence-corrected chi connectivity index (χ2v) is 6.58. The van der Waals surface area contributed by atoms with Crippen LogP contribution in [0, 0.1) is 0 Å². The van der Waals surface area contributed by atoms with Crippen LogP contribution in [0.1, 0.15) is 27.7 Å². The normalized spacial score (nSPS) is 26.5. The smallest absolute Gasteiger partial charge is 0.485 e. The third-order valence-electron chi connectivity index (χ3n) is 4.55. The number of pyridine rings is 1. The van der Waals surface area contributed by atoms with Crippen molar-refractivity contribution in [3.05, 3.63) is 12.3 Å². The first-order valence-corrected chi connectivity index (χ1v) is 7.10. The maximum atomic E-state index is 9.75. The second-order valence-electron chi connectivity index (χ2n) is 6.58. The summed E-state index contributed by atoms with van der Waals surface area (Å²) in [6, 6.07) is 1.87. The highest BCUT2D eigenvalue weighted by molar-refractivity contribution is 6.62. The van der Waals surface area contributed by atoms with E-state index in [1.807, 2.05) is 33.8 Å². The lowest BCUT2D eigenvalue weighted by molar-refractivity contribution is 0.00578. The Bertz CT molecular complexity index is 548. The zero-order valence-corrected chi connectivity index (χ0v) is 13.1. The van der Waals surface area contributed by atoms with Crippen LogP contribution in [0.15, 0.2) is 12.3 Å². The van der Waals surface area contributed by atoms with Gasteiger partial charge in [0, 0.05) is 18.7 Å². The molecule has 1 atom stereocenters. The van der Waals surface area contributed by atoms with Crippen LogP contribution in [0.25, 0.3) is 0 Å². The SMILES string of the molecule is CN1c2ncc(B3OC(C)(C)C(C)(C)O3)cc2OCC1O. The van der Waals surface area contributed by atoms with Crippen molar-refractivity contribution in [3.63, 3.8) is 0 Å². The van der Waals surface area contributed by atoms with E-state index < -0.39 is 13.3 Å². The molecular weight excluding hydrogens is 271 g/mol. The predicted octanol–water partition coefficient (Wildman–Crippen LogP) is 0.528. The Labute approximate surface area is 125 Å². The van der Waals surface area contributed by atoms with Crippen LogP contribution in [0.5, 0.6) is 5.75 Å². The Balaban J connectivity index is 1.89. The van der Waals surface area contributed by atoms with Crippen LogP contribution in [0.4, 0.5) is 5.82 Å². The van der Waals surface area contributed by atoms with E-state index in [4.69, 9.17) is 14.0 Å². The van der Waals surface area contributed by atoms with E-state index in [1.165, 1.54) is 0 Å². The first-order chi connectivity index (χ1) is 9.71. The largest absolute Gasteiger partial charge is 0.496 e. The molecule has 1 unspecified atom stereocenters. The number of aromatic nitrogens is 1. The van der Waals surface area contributed by atoms with Gasteiger partial charge >= 0.3 is 7.12 Å². The highest BCUT2D eigenvalue weighted by atomic mass is 16.7. The van der Waals surface area contributed by atoms with Gasteiger partial charge in [0.05, 0.1) is 11.2 Å². The summed E-state index contributed by atoms with van der Waals surface area (Å²) in [6.07, 6.45) is 1.03. The average molecular weight is 292 g/mol. The van der Waals surface area contributed by atoms with E-state index in [2.05, 4.69) is 4.98 Å². The highest BCUT2D eigenvalue weighted by Crippen LogP contribution is 2.37. The van der Waals surface area contributed by atoms with Crippen molar-refractivity contribution >= 4 is 18.4 Å². The van der Waals surface area contributed by atoms with Gasteiger partial charge in [-0.25, -0.2) is 4.98 Å². The molecule has 0 amide bonds. The van der Waals surface area contributed by atoms with Gasteiger partial charge in [0.1, 0.15) is 6.61 Å². The fraction of sp³-hybridized carbons (Fsp3) is 0.643. The topological polar surface area (TPSA) is 64.1 Å². The number of aliphatic hydroxyl groups is 1. The minimum atomic E-state index is -0.673. The zero-order chi connectivity index (χ0) is 15.4. The first-order valence-electron chi connectivity index (χ1n) is 7.10. The van der Waals surface area contributed by atoms with E-state index >= 15 is 0 Å². The molecule has 2 aliphatic rings. The summed E-state index contributed by atoms with van der Waals surface area (Å²) >= 11 is 0. The molecule has 3 heterocycles. The third-order valence-corrected chi connectivity index (χ3v) is 4.55. The van der Waals surface area contributed by atoms with Gasteiger partial charge in [-0.15, -0.1) is 0 Å². The summed E-state index contributed by atoms with van der Waals surface area (Å²) < 4.78 is 17.6. The third kappa shape index (κ3) is 2.29. The molecule has 1 saturated heterocycles. The van der Waals surface area contributed by atoms with Crippen molar-refractivity contribution in [1.29, 1.82) is 0 Å². The number of anilines is 1. The number of fused-ring (bicyclic) bond motifs is 1. The second kappa shape index (κ2) is 4.59. The maximum Gasteiger partial charge on any atom is 0.496 e. The molecule has 0 aromatic carbocycles. The molecule has 3 rings (SSSR count). The number of likely N-dealkylation sites (N-methyl/N-ethyl adjacent to an activating group) is 1. The number of nitrogens with zero attached hydrogens (tertiary/aromatic N) is 2. The van der Waals surface area contributed by atoms with Crippen molar-refractivity contribution < 1.29 is 19.2 Å². The van der Waals surface area contributed by atoms with Crippen molar-refractivity contribution in [2.24, 2.45) is 0 Å². The number of hydrogen-bond acceptors (Lipinski definition) is 6. The Hall–Kier alpha value is -1.31. The van der Waals surface area contributed by atoms with Gasteiger partial charge in [-0.1, -0.05) is 0 Å². The highest BCUT2D eigenvalue weighted by Gasteiger charge is 2.52. The van der Waals surface area contributed by atoms with Crippen LogP contribution in [-0.4, -0.2) is 48.3 Å². The van der Waals surface area contributed by atoms with Crippen molar-refractivity contribution in [3.8, 4) is 5.75 Å².